The molecular formula is C12H20N6O2. The minimum atomic E-state index is 0.0765. The molecule has 110 valence electrons. The summed E-state index contributed by atoms with van der Waals surface area (Å²) in [6.07, 6.45) is 1.66. The summed E-state index contributed by atoms with van der Waals surface area (Å²) in [6.45, 7) is 2.41. The van der Waals surface area contributed by atoms with E-state index in [4.69, 9.17) is 15.6 Å². The molecule has 0 saturated heterocycles. The fraction of sp³-hybridized carbons (Fsp3) is 0.583. The molecule has 0 aliphatic heterocycles. The predicted octanol–water partition coefficient (Wildman–Crippen LogP) is -0.614. The zero-order valence-electron chi connectivity index (χ0n) is 11.8. The van der Waals surface area contributed by atoms with Gasteiger partial charge in [-0.15, -0.1) is 0 Å². The molecule has 0 bridgehead atoms. The molecule has 0 fully saturated rings. The Labute approximate surface area is 117 Å². The van der Waals surface area contributed by atoms with Gasteiger partial charge in [0.15, 0.2) is 5.65 Å². The Morgan fingerprint density at radius 1 is 1.40 bits per heavy atom. The number of anilines is 1. The number of nitrogens with two attached hydrogens (primary N) is 1. The van der Waals surface area contributed by atoms with Gasteiger partial charge in [0.05, 0.1) is 31.3 Å². The molecule has 8 nitrogen and oxygen atoms in total. The summed E-state index contributed by atoms with van der Waals surface area (Å²) in [5, 5.41) is 14.0. The van der Waals surface area contributed by atoms with Gasteiger partial charge in [0.1, 0.15) is 11.6 Å². The van der Waals surface area contributed by atoms with Crippen LogP contribution in [0.15, 0.2) is 6.20 Å². The molecule has 0 atom stereocenters. The highest BCUT2D eigenvalue weighted by atomic mass is 16.5. The standard InChI is InChI=1S/C12H20N6O2/c1-17-12-9(7-14-17)11(13)15-10(16-12)8-18(3-5-19)4-6-20-2/h7,19H,3-6,8H2,1-2H3,(H2,13,15,16). The van der Waals surface area contributed by atoms with E-state index in [1.54, 1.807) is 18.0 Å². The van der Waals surface area contributed by atoms with Crippen molar-refractivity contribution in [2.45, 2.75) is 6.54 Å². The third-order valence-corrected chi connectivity index (χ3v) is 3.06. The monoisotopic (exact) mass is 280 g/mol. The van der Waals surface area contributed by atoms with Crippen molar-refractivity contribution in [3.8, 4) is 0 Å². The van der Waals surface area contributed by atoms with Gasteiger partial charge < -0.3 is 15.6 Å². The van der Waals surface area contributed by atoms with Crippen molar-refractivity contribution < 1.29 is 9.84 Å². The number of nitrogens with zero attached hydrogens (tertiary/aromatic N) is 5. The largest absolute Gasteiger partial charge is 0.395 e. The molecule has 20 heavy (non-hydrogen) atoms. The maximum absolute atomic E-state index is 9.09. The van der Waals surface area contributed by atoms with Crippen molar-refractivity contribution in [2.75, 3.05) is 39.1 Å². The number of ether oxygens (including phenoxy) is 1. The lowest BCUT2D eigenvalue weighted by molar-refractivity contribution is 0.125. The van der Waals surface area contributed by atoms with E-state index in [-0.39, 0.29) is 6.61 Å². The van der Waals surface area contributed by atoms with Gasteiger partial charge in [0.2, 0.25) is 0 Å². The van der Waals surface area contributed by atoms with Gasteiger partial charge >= 0.3 is 0 Å². The summed E-state index contributed by atoms with van der Waals surface area (Å²) >= 11 is 0. The molecule has 2 aromatic rings. The van der Waals surface area contributed by atoms with Gasteiger partial charge in [-0.05, 0) is 0 Å². The summed E-state index contributed by atoms with van der Waals surface area (Å²) in [4.78, 5) is 10.8. The summed E-state index contributed by atoms with van der Waals surface area (Å²) in [5.74, 6) is 1.04. The number of hydrogen-bond donors (Lipinski definition) is 2. The van der Waals surface area contributed by atoms with Crippen LogP contribution in [0.3, 0.4) is 0 Å². The number of nitrogen functional groups attached to an aromatic ring is 1. The first-order valence-corrected chi connectivity index (χ1v) is 6.42. The molecule has 2 heterocycles. The van der Waals surface area contributed by atoms with Crippen LogP contribution in [-0.4, -0.2) is 63.2 Å². The van der Waals surface area contributed by atoms with E-state index in [1.807, 2.05) is 11.9 Å². The first-order chi connectivity index (χ1) is 9.65. The highest BCUT2D eigenvalue weighted by Gasteiger charge is 2.12. The van der Waals surface area contributed by atoms with E-state index in [0.717, 1.165) is 5.39 Å². The van der Waals surface area contributed by atoms with Crippen molar-refractivity contribution in [3.63, 3.8) is 0 Å². The van der Waals surface area contributed by atoms with Crippen molar-refractivity contribution in [3.05, 3.63) is 12.0 Å². The highest BCUT2D eigenvalue weighted by molar-refractivity contribution is 5.84. The average Bonchev–Trinajstić information content (AvgIpc) is 2.79. The third-order valence-electron chi connectivity index (χ3n) is 3.06. The second-order valence-corrected chi connectivity index (χ2v) is 4.52. The topological polar surface area (TPSA) is 102 Å². The number of hydrogen-bond acceptors (Lipinski definition) is 7. The molecule has 0 aliphatic carbocycles. The quantitative estimate of drug-likeness (QED) is 0.697. The van der Waals surface area contributed by atoms with Gasteiger partial charge in [-0.1, -0.05) is 0 Å². The zero-order chi connectivity index (χ0) is 14.5. The molecule has 0 aromatic carbocycles. The number of methoxy groups -OCH3 is 1. The maximum atomic E-state index is 9.09. The predicted molar refractivity (Wildman–Crippen MR) is 75.0 cm³/mol. The molecule has 8 heteroatoms. The number of rotatable bonds is 7. The molecule has 0 saturated carbocycles. The van der Waals surface area contributed by atoms with Gasteiger partial charge in [0.25, 0.3) is 0 Å². The van der Waals surface area contributed by atoms with Crippen LogP contribution in [0.25, 0.3) is 11.0 Å². The summed E-state index contributed by atoms with van der Waals surface area (Å²) in [7, 11) is 3.46. The Morgan fingerprint density at radius 2 is 2.20 bits per heavy atom. The Balaban J connectivity index is 2.20. The minimum Gasteiger partial charge on any atom is -0.395 e. The Bertz CT molecular complexity index is 570. The lowest BCUT2D eigenvalue weighted by Crippen LogP contribution is -2.30. The summed E-state index contributed by atoms with van der Waals surface area (Å²) < 4.78 is 6.72. The van der Waals surface area contributed by atoms with Crippen LogP contribution in [0.5, 0.6) is 0 Å². The van der Waals surface area contributed by atoms with Crippen LogP contribution in [0.4, 0.5) is 5.82 Å². The third kappa shape index (κ3) is 3.21. The molecule has 0 aliphatic rings. The fourth-order valence-electron chi connectivity index (χ4n) is 1.99. The Morgan fingerprint density at radius 3 is 2.90 bits per heavy atom. The number of fused-ring (bicyclic) bond motifs is 1. The molecule has 3 N–H and O–H groups in total. The van der Waals surface area contributed by atoms with E-state index in [1.165, 1.54) is 0 Å². The first kappa shape index (κ1) is 14.6. The lowest BCUT2D eigenvalue weighted by atomic mass is 10.3. The molecule has 0 spiro atoms. The molecular weight excluding hydrogens is 260 g/mol. The van der Waals surface area contributed by atoms with Gasteiger partial charge in [-0.3, -0.25) is 9.58 Å². The summed E-state index contributed by atoms with van der Waals surface area (Å²) in [5.41, 5.74) is 6.63. The smallest absolute Gasteiger partial charge is 0.163 e. The van der Waals surface area contributed by atoms with E-state index < -0.39 is 0 Å². The zero-order valence-corrected chi connectivity index (χ0v) is 11.8. The Kier molecular flexibility index (Phi) is 4.83. The molecule has 2 aromatic heterocycles. The van der Waals surface area contributed by atoms with E-state index >= 15 is 0 Å². The van der Waals surface area contributed by atoms with Crippen LogP contribution in [-0.2, 0) is 18.3 Å². The van der Waals surface area contributed by atoms with E-state index in [0.29, 0.717) is 43.5 Å². The van der Waals surface area contributed by atoms with Crippen molar-refractivity contribution in [2.24, 2.45) is 7.05 Å². The van der Waals surface area contributed by atoms with Crippen LogP contribution < -0.4 is 5.73 Å². The van der Waals surface area contributed by atoms with Crippen LogP contribution >= 0.6 is 0 Å². The van der Waals surface area contributed by atoms with Gasteiger partial charge in [-0.25, -0.2) is 9.97 Å². The van der Waals surface area contributed by atoms with E-state index in [9.17, 15) is 0 Å². The maximum Gasteiger partial charge on any atom is 0.163 e. The molecule has 0 radical (unpaired) electrons. The molecule has 0 amide bonds. The number of aliphatic hydroxyl groups is 1. The Hall–Kier alpha value is -1.77. The summed E-state index contributed by atoms with van der Waals surface area (Å²) in [6, 6.07) is 0. The molecule has 2 rings (SSSR count). The van der Waals surface area contributed by atoms with Gasteiger partial charge in [-0.2, -0.15) is 5.10 Å². The van der Waals surface area contributed by atoms with Crippen molar-refractivity contribution in [1.82, 2.24) is 24.6 Å². The second kappa shape index (κ2) is 6.60. The van der Waals surface area contributed by atoms with E-state index in [2.05, 4.69) is 15.1 Å². The van der Waals surface area contributed by atoms with Crippen LogP contribution in [0.2, 0.25) is 0 Å². The first-order valence-electron chi connectivity index (χ1n) is 6.42. The van der Waals surface area contributed by atoms with Crippen LogP contribution in [0, 0.1) is 0 Å². The van der Waals surface area contributed by atoms with Crippen molar-refractivity contribution >= 4 is 16.9 Å². The van der Waals surface area contributed by atoms with Crippen molar-refractivity contribution in [1.29, 1.82) is 0 Å². The normalized spacial score (nSPS) is 11.6. The van der Waals surface area contributed by atoms with Crippen LogP contribution in [0.1, 0.15) is 5.82 Å². The minimum absolute atomic E-state index is 0.0765. The lowest BCUT2D eigenvalue weighted by Gasteiger charge is -2.19. The average molecular weight is 280 g/mol. The number of aromatic nitrogens is 4. The molecule has 0 unspecified atom stereocenters. The second-order valence-electron chi connectivity index (χ2n) is 4.52. The number of aliphatic hydroxyl groups excluding tert-OH is 1. The SMILES string of the molecule is COCCN(CCO)Cc1nc(N)c2cnn(C)c2n1. The van der Waals surface area contributed by atoms with Gasteiger partial charge in [0, 0.05) is 27.2 Å². The number of aryl methyl sites for hydroxylation is 1. The highest BCUT2D eigenvalue weighted by Crippen LogP contribution is 2.16. The fourth-order valence-corrected chi connectivity index (χ4v) is 1.99.